The number of aromatic nitrogens is 2. The maximum absolute atomic E-state index is 13.9. The van der Waals surface area contributed by atoms with Crippen LogP contribution in [0.1, 0.15) is 28.9 Å². The van der Waals surface area contributed by atoms with Crippen LogP contribution in [0.5, 0.6) is 5.75 Å². The monoisotopic (exact) mass is 513 g/mol. The van der Waals surface area contributed by atoms with E-state index in [-0.39, 0.29) is 11.7 Å². The van der Waals surface area contributed by atoms with Gasteiger partial charge in [0.1, 0.15) is 22.9 Å². The number of nitrogens with one attached hydrogen (secondary N) is 1. The minimum atomic E-state index is -0.275. The van der Waals surface area contributed by atoms with E-state index in [9.17, 15) is 9.18 Å². The van der Waals surface area contributed by atoms with E-state index in [1.165, 1.54) is 12.1 Å². The summed E-state index contributed by atoms with van der Waals surface area (Å²) in [5.74, 6) is 0.273. The number of methoxy groups -OCH3 is 1. The average molecular weight is 514 g/mol. The molecule has 37 heavy (non-hydrogen) atoms. The molecule has 3 heterocycles. The van der Waals surface area contributed by atoms with Gasteiger partial charge < -0.3 is 14.6 Å². The second-order valence-electron chi connectivity index (χ2n) is 9.22. The number of carbonyl (C=O) groups excluding carboxylic acids is 1. The van der Waals surface area contributed by atoms with Gasteiger partial charge in [-0.1, -0.05) is 23.7 Å². The number of halogens is 2. The summed E-state index contributed by atoms with van der Waals surface area (Å²) in [5.41, 5.74) is 7.11. The maximum Gasteiger partial charge on any atom is 0.273 e. The first kappa shape index (κ1) is 23.4. The van der Waals surface area contributed by atoms with Crippen molar-refractivity contribution in [2.24, 2.45) is 0 Å². The van der Waals surface area contributed by atoms with Crippen LogP contribution in [0.4, 0.5) is 10.1 Å². The summed E-state index contributed by atoms with van der Waals surface area (Å²) in [7, 11) is 1.64. The zero-order valence-corrected chi connectivity index (χ0v) is 21.1. The SMILES string of the molecule is COc1ccc(-c2c3c4n(c(-c5ccc(F)cc5)cn4c2C(=O)Nc2ccc(Cl)cc2)CCCC3)cc1. The highest BCUT2D eigenvalue weighted by molar-refractivity contribution is 6.30. The third-order valence-corrected chi connectivity index (χ3v) is 7.22. The normalized spacial score (nSPS) is 12.9. The van der Waals surface area contributed by atoms with E-state index in [4.69, 9.17) is 16.3 Å². The second kappa shape index (κ2) is 9.45. The van der Waals surface area contributed by atoms with Gasteiger partial charge in [0, 0.05) is 34.6 Å². The van der Waals surface area contributed by atoms with Crippen molar-refractivity contribution in [3.63, 3.8) is 0 Å². The molecule has 0 radical (unpaired) electrons. The number of benzene rings is 3. The van der Waals surface area contributed by atoms with Crippen molar-refractivity contribution in [1.29, 1.82) is 0 Å². The first-order valence-electron chi connectivity index (χ1n) is 12.3. The highest BCUT2D eigenvalue weighted by Crippen LogP contribution is 2.40. The minimum Gasteiger partial charge on any atom is -0.497 e. The number of ether oxygens (including phenoxy) is 1. The van der Waals surface area contributed by atoms with Gasteiger partial charge in [-0.15, -0.1) is 0 Å². The van der Waals surface area contributed by atoms with Gasteiger partial charge in [0.2, 0.25) is 0 Å². The van der Waals surface area contributed by atoms with Crippen LogP contribution in [0.2, 0.25) is 5.02 Å². The summed E-state index contributed by atoms with van der Waals surface area (Å²) in [5, 5.41) is 3.66. The van der Waals surface area contributed by atoms with Crippen LogP contribution >= 0.6 is 11.6 Å². The van der Waals surface area contributed by atoms with Gasteiger partial charge in [-0.05, 0) is 91.1 Å². The van der Waals surface area contributed by atoms with Gasteiger partial charge in [-0.2, -0.15) is 0 Å². The van der Waals surface area contributed by atoms with E-state index < -0.39 is 0 Å². The van der Waals surface area contributed by atoms with Crippen molar-refractivity contribution in [2.75, 3.05) is 12.4 Å². The number of hydrogen-bond donors (Lipinski definition) is 1. The molecule has 0 atom stereocenters. The van der Waals surface area contributed by atoms with Gasteiger partial charge in [0.25, 0.3) is 5.91 Å². The smallest absolute Gasteiger partial charge is 0.273 e. The number of nitrogens with zero attached hydrogens (tertiary/aromatic N) is 2. The number of aryl methyl sites for hydroxylation is 2. The van der Waals surface area contributed by atoms with Crippen molar-refractivity contribution in [3.8, 4) is 28.1 Å². The van der Waals surface area contributed by atoms with E-state index in [0.717, 1.165) is 65.2 Å². The number of hydrogen-bond acceptors (Lipinski definition) is 2. The molecule has 0 fully saturated rings. The number of amides is 1. The third kappa shape index (κ3) is 4.17. The zero-order valence-electron chi connectivity index (χ0n) is 20.3. The molecule has 0 saturated carbocycles. The summed E-state index contributed by atoms with van der Waals surface area (Å²) < 4.78 is 23.3. The van der Waals surface area contributed by atoms with Gasteiger partial charge in [0.05, 0.1) is 12.8 Å². The quantitative estimate of drug-likeness (QED) is 0.265. The molecule has 2 aromatic heterocycles. The molecule has 0 aliphatic carbocycles. The van der Waals surface area contributed by atoms with Crippen LogP contribution in [-0.4, -0.2) is 22.0 Å². The van der Waals surface area contributed by atoms with Crippen molar-refractivity contribution in [2.45, 2.75) is 25.8 Å². The molecule has 5 aromatic rings. The minimum absolute atomic E-state index is 0.210. The molecule has 1 aliphatic rings. The van der Waals surface area contributed by atoms with Crippen LogP contribution < -0.4 is 10.1 Å². The van der Waals surface area contributed by atoms with E-state index >= 15 is 0 Å². The molecule has 0 unspecified atom stereocenters. The number of imidazole rings is 1. The fourth-order valence-electron chi connectivity index (χ4n) is 5.25. The molecule has 186 valence electrons. The Bertz CT molecular complexity index is 1600. The fraction of sp³-hybridized carbons (Fsp3) is 0.167. The number of anilines is 1. The molecule has 1 aliphatic heterocycles. The summed E-state index contributed by atoms with van der Waals surface area (Å²) in [4.78, 5) is 13.9. The second-order valence-corrected chi connectivity index (χ2v) is 9.65. The molecule has 0 bridgehead atoms. The predicted octanol–water partition coefficient (Wildman–Crippen LogP) is 7.46. The van der Waals surface area contributed by atoms with E-state index in [1.807, 2.05) is 34.9 Å². The molecule has 3 aromatic carbocycles. The van der Waals surface area contributed by atoms with Gasteiger partial charge >= 0.3 is 0 Å². The largest absolute Gasteiger partial charge is 0.497 e. The standard InChI is InChI=1S/C30H25ClFN3O2/c1-37-24-15-7-20(8-16-24)27-25-4-2-3-17-34-26(19-5-11-22(32)12-6-19)18-35(30(25)34)28(27)29(36)33-23-13-9-21(31)10-14-23/h5-16,18H,2-4,17H2,1H3,(H,33,36). The highest BCUT2D eigenvalue weighted by atomic mass is 35.5. The molecule has 5 nitrogen and oxygen atoms in total. The van der Waals surface area contributed by atoms with Crippen molar-refractivity contribution >= 4 is 28.8 Å². The summed E-state index contributed by atoms with van der Waals surface area (Å²) in [6.45, 7) is 0.820. The zero-order chi connectivity index (χ0) is 25.5. The molecular weight excluding hydrogens is 489 g/mol. The third-order valence-electron chi connectivity index (χ3n) is 6.97. The lowest BCUT2D eigenvalue weighted by Crippen LogP contribution is -2.15. The Balaban J connectivity index is 1.59. The molecule has 6 rings (SSSR count). The Morgan fingerprint density at radius 1 is 0.946 bits per heavy atom. The van der Waals surface area contributed by atoms with Crippen LogP contribution in [0.15, 0.2) is 79.0 Å². The van der Waals surface area contributed by atoms with Crippen molar-refractivity contribution < 1.29 is 13.9 Å². The van der Waals surface area contributed by atoms with Gasteiger partial charge in [-0.25, -0.2) is 4.39 Å². The molecule has 1 amide bonds. The van der Waals surface area contributed by atoms with Gasteiger partial charge in [-0.3, -0.25) is 9.20 Å². The van der Waals surface area contributed by atoms with Crippen molar-refractivity contribution in [1.82, 2.24) is 8.97 Å². The van der Waals surface area contributed by atoms with E-state index in [1.54, 1.807) is 43.5 Å². The average Bonchev–Trinajstić information content (AvgIpc) is 3.33. The predicted molar refractivity (Wildman–Crippen MR) is 145 cm³/mol. The van der Waals surface area contributed by atoms with Crippen LogP contribution in [0.3, 0.4) is 0 Å². The van der Waals surface area contributed by atoms with Crippen LogP contribution in [-0.2, 0) is 13.0 Å². The Morgan fingerprint density at radius 3 is 2.35 bits per heavy atom. The number of carbonyl (C=O) groups is 1. The lowest BCUT2D eigenvalue weighted by atomic mass is 9.97. The Kier molecular flexibility index (Phi) is 5.97. The fourth-order valence-corrected chi connectivity index (χ4v) is 5.38. The first-order valence-corrected chi connectivity index (χ1v) is 12.6. The van der Waals surface area contributed by atoms with Crippen LogP contribution in [0, 0.1) is 5.82 Å². The van der Waals surface area contributed by atoms with Gasteiger partial charge in [0.15, 0.2) is 0 Å². The maximum atomic E-state index is 13.9. The molecule has 7 heteroatoms. The number of rotatable bonds is 5. The van der Waals surface area contributed by atoms with E-state index in [2.05, 4.69) is 9.88 Å². The lowest BCUT2D eigenvalue weighted by molar-refractivity contribution is 0.102. The lowest BCUT2D eigenvalue weighted by Gasteiger charge is -2.11. The van der Waals surface area contributed by atoms with E-state index in [0.29, 0.717) is 16.4 Å². The Labute approximate surface area is 219 Å². The Hall–Kier alpha value is -4.03. The molecule has 1 N–H and O–H groups in total. The van der Waals surface area contributed by atoms with Crippen LogP contribution in [0.25, 0.3) is 28.0 Å². The molecule has 0 saturated heterocycles. The molecular formula is C30H25ClFN3O2. The molecule has 0 spiro atoms. The summed E-state index contributed by atoms with van der Waals surface area (Å²) >= 11 is 6.05. The summed E-state index contributed by atoms with van der Waals surface area (Å²) in [6, 6.07) is 21.4. The van der Waals surface area contributed by atoms with Crippen molar-refractivity contribution in [3.05, 3.63) is 101 Å². The highest BCUT2D eigenvalue weighted by Gasteiger charge is 2.29. The Morgan fingerprint density at radius 2 is 1.65 bits per heavy atom. The topological polar surface area (TPSA) is 47.7 Å². The summed E-state index contributed by atoms with van der Waals surface area (Å²) in [6.07, 6.45) is 4.88. The first-order chi connectivity index (χ1) is 18.0.